The summed E-state index contributed by atoms with van der Waals surface area (Å²) in [7, 11) is 0. The van der Waals surface area contributed by atoms with E-state index in [-0.39, 0.29) is 0 Å². The zero-order valence-corrected chi connectivity index (χ0v) is 8.47. The van der Waals surface area contributed by atoms with Gasteiger partial charge < -0.3 is 5.73 Å². The van der Waals surface area contributed by atoms with Crippen molar-refractivity contribution in [3.05, 3.63) is 24.0 Å². The first-order valence-electron chi connectivity index (χ1n) is 4.58. The van der Waals surface area contributed by atoms with Gasteiger partial charge in [-0.05, 0) is 12.0 Å². The number of amides is 1. The summed E-state index contributed by atoms with van der Waals surface area (Å²) in [5.41, 5.74) is 5.87. The van der Waals surface area contributed by atoms with Crippen LogP contribution in [0.3, 0.4) is 0 Å². The number of aromatic nitrogens is 2. The van der Waals surface area contributed by atoms with Gasteiger partial charge in [0.05, 0.1) is 6.20 Å². The van der Waals surface area contributed by atoms with E-state index in [9.17, 15) is 4.79 Å². The number of hydrogen-bond acceptors (Lipinski definition) is 2. The fourth-order valence-electron chi connectivity index (χ4n) is 1.12. The first-order valence-corrected chi connectivity index (χ1v) is 4.58. The smallest absolute Gasteiger partial charge is 0.241 e. The van der Waals surface area contributed by atoms with Crippen molar-refractivity contribution in [2.45, 2.75) is 20.4 Å². The minimum atomic E-state index is -0.443. The number of primary amides is 1. The second kappa shape index (κ2) is 4.60. The molecule has 0 unspecified atom stereocenters. The summed E-state index contributed by atoms with van der Waals surface area (Å²) in [6.07, 6.45) is 6.59. The number of rotatable bonds is 4. The fraction of sp³-hybridized carbons (Fsp3) is 0.400. The highest BCUT2D eigenvalue weighted by molar-refractivity contribution is 5.90. The number of carbonyl (C=O) groups is 1. The highest BCUT2D eigenvalue weighted by Gasteiger charge is 1.98. The normalized spacial score (nSPS) is 11.4. The van der Waals surface area contributed by atoms with Gasteiger partial charge in [0.15, 0.2) is 0 Å². The Morgan fingerprint density at radius 2 is 2.43 bits per heavy atom. The zero-order chi connectivity index (χ0) is 10.6. The van der Waals surface area contributed by atoms with E-state index in [1.807, 2.05) is 10.9 Å². The van der Waals surface area contributed by atoms with Crippen LogP contribution in [0.15, 0.2) is 18.5 Å². The molecule has 0 fully saturated rings. The maximum Gasteiger partial charge on any atom is 0.241 e. The first kappa shape index (κ1) is 10.5. The van der Waals surface area contributed by atoms with Crippen LogP contribution in [0.1, 0.15) is 19.4 Å². The maximum atomic E-state index is 10.5. The molecule has 1 aromatic heterocycles. The van der Waals surface area contributed by atoms with E-state index in [1.54, 1.807) is 12.3 Å². The third-order valence-corrected chi connectivity index (χ3v) is 1.65. The Balaban J connectivity index is 2.63. The molecule has 2 N–H and O–H groups in total. The van der Waals surface area contributed by atoms with Gasteiger partial charge in [0.1, 0.15) is 0 Å². The molecule has 1 rings (SSSR count). The van der Waals surface area contributed by atoms with Crippen molar-refractivity contribution >= 4 is 12.0 Å². The topological polar surface area (TPSA) is 60.9 Å². The van der Waals surface area contributed by atoms with Crippen LogP contribution in [0, 0.1) is 5.92 Å². The average Bonchev–Trinajstić information content (AvgIpc) is 2.47. The van der Waals surface area contributed by atoms with Gasteiger partial charge in [0.25, 0.3) is 0 Å². The Bertz CT molecular complexity index is 339. The number of nitrogens with zero attached hydrogens (tertiary/aromatic N) is 2. The fourth-order valence-corrected chi connectivity index (χ4v) is 1.12. The van der Waals surface area contributed by atoms with E-state index in [2.05, 4.69) is 18.9 Å². The van der Waals surface area contributed by atoms with Gasteiger partial charge in [-0.2, -0.15) is 5.10 Å². The van der Waals surface area contributed by atoms with Crippen LogP contribution in [0.25, 0.3) is 6.08 Å². The molecule has 0 saturated carbocycles. The second-order valence-corrected chi connectivity index (χ2v) is 3.63. The number of nitrogens with two attached hydrogens (primary N) is 1. The largest absolute Gasteiger partial charge is 0.366 e. The Morgan fingerprint density at radius 1 is 1.71 bits per heavy atom. The molecule has 14 heavy (non-hydrogen) atoms. The third kappa shape index (κ3) is 3.43. The Labute approximate surface area is 83.4 Å². The van der Waals surface area contributed by atoms with E-state index in [0.717, 1.165) is 12.1 Å². The van der Waals surface area contributed by atoms with Crippen LogP contribution >= 0.6 is 0 Å². The SMILES string of the molecule is CC(C)Cn1cc(C=CC(N)=O)cn1. The van der Waals surface area contributed by atoms with E-state index in [1.165, 1.54) is 6.08 Å². The highest BCUT2D eigenvalue weighted by Crippen LogP contribution is 2.03. The molecule has 0 aliphatic rings. The molecule has 1 heterocycles. The van der Waals surface area contributed by atoms with Gasteiger partial charge in [-0.3, -0.25) is 9.48 Å². The van der Waals surface area contributed by atoms with Crippen LogP contribution in [0.2, 0.25) is 0 Å². The highest BCUT2D eigenvalue weighted by atomic mass is 16.1. The summed E-state index contributed by atoms with van der Waals surface area (Å²) in [5.74, 6) is 0.115. The molecule has 4 nitrogen and oxygen atoms in total. The number of carbonyl (C=O) groups excluding carboxylic acids is 1. The molecule has 0 radical (unpaired) electrons. The molecule has 1 amide bonds. The Kier molecular flexibility index (Phi) is 3.45. The van der Waals surface area contributed by atoms with Crippen molar-refractivity contribution in [2.75, 3.05) is 0 Å². The van der Waals surface area contributed by atoms with Crippen LogP contribution in [0.4, 0.5) is 0 Å². The van der Waals surface area contributed by atoms with E-state index < -0.39 is 5.91 Å². The van der Waals surface area contributed by atoms with Crippen molar-refractivity contribution in [2.24, 2.45) is 11.7 Å². The molecule has 4 heteroatoms. The third-order valence-electron chi connectivity index (χ3n) is 1.65. The molecule has 0 aliphatic heterocycles. The summed E-state index contributed by atoms with van der Waals surface area (Å²) >= 11 is 0. The lowest BCUT2D eigenvalue weighted by Gasteiger charge is -2.02. The van der Waals surface area contributed by atoms with Crippen molar-refractivity contribution < 1.29 is 4.79 Å². The first-order chi connectivity index (χ1) is 6.58. The second-order valence-electron chi connectivity index (χ2n) is 3.63. The van der Waals surface area contributed by atoms with Crippen molar-refractivity contribution in [1.82, 2.24) is 9.78 Å². The van der Waals surface area contributed by atoms with Gasteiger partial charge in [-0.1, -0.05) is 13.8 Å². The average molecular weight is 193 g/mol. The monoisotopic (exact) mass is 193 g/mol. The lowest BCUT2D eigenvalue weighted by atomic mass is 10.2. The van der Waals surface area contributed by atoms with Gasteiger partial charge in [0.2, 0.25) is 5.91 Å². The Morgan fingerprint density at radius 3 is 3.00 bits per heavy atom. The van der Waals surface area contributed by atoms with Crippen molar-refractivity contribution in [3.8, 4) is 0 Å². The molecular formula is C10H15N3O. The van der Waals surface area contributed by atoms with Crippen molar-refractivity contribution in [1.29, 1.82) is 0 Å². The van der Waals surface area contributed by atoms with Gasteiger partial charge in [0, 0.05) is 24.4 Å². The molecule has 0 saturated heterocycles. The van der Waals surface area contributed by atoms with Gasteiger partial charge >= 0.3 is 0 Å². The molecule has 76 valence electrons. The molecule has 0 bridgehead atoms. The lowest BCUT2D eigenvalue weighted by Crippen LogP contribution is -2.05. The Hall–Kier alpha value is -1.58. The van der Waals surface area contributed by atoms with E-state index >= 15 is 0 Å². The summed E-state index contributed by atoms with van der Waals surface area (Å²) in [5, 5.41) is 4.15. The standard InChI is InChI=1S/C10H15N3O/c1-8(2)6-13-7-9(5-12-13)3-4-10(11)14/h3-5,7-8H,6H2,1-2H3,(H2,11,14). The van der Waals surface area contributed by atoms with E-state index in [4.69, 9.17) is 5.73 Å². The van der Waals surface area contributed by atoms with Crippen LogP contribution < -0.4 is 5.73 Å². The number of hydrogen-bond donors (Lipinski definition) is 1. The molecule has 0 atom stereocenters. The van der Waals surface area contributed by atoms with Crippen LogP contribution in [-0.2, 0) is 11.3 Å². The van der Waals surface area contributed by atoms with Crippen LogP contribution in [-0.4, -0.2) is 15.7 Å². The van der Waals surface area contributed by atoms with E-state index in [0.29, 0.717) is 5.92 Å². The summed E-state index contributed by atoms with van der Waals surface area (Å²) in [4.78, 5) is 10.5. The minimum Gasteiger partial charge on any atom is -0.366 e. The summed E-state index contributed by atoms with van der Waals surface area (Å²) in [6, 6.07) is 0. The van der Waals surface area contributed by atoms with Gasteiger partial charge in [-0.25, -0.2) is 0 Å². The molecular weight excluding hydrogens is 178 g/mol. The molecule has 0 aliphatic carbocycles. The van der Waals surface area contributed by atoms with Crippen LogP contribution in [0.5, 0.6) is 0 Å². The predicted molar refractivity (Wildman–Crippen MR) is 55.3 cm³/mol. The zero-order valence-electron chi connectivity index (χ0n) is 8.47. The maximum absolute atomic E-state index is 10.5. The van der Waals surface area contributed by atoms with Gasteiger partial charge in [-0.15, -0.1) is 0 Å². The summed E-state index contributed by atoms with van der Waals surface area (Å²) < 4.78 is 1.85. The van der Waals surface area contributed by atoms with Crippen molar-refractivity contribution in [3.63, 3.8) is 0 Å². The molecule has 0 spiro atoms. The lowest BCUT2D eigenvalue weighted by molar-refractivity contribution is -0.113. The summed E-state index contributed by atoms with van der Waals surface area (Å²) in [6.45, 7) is 5.13. The molecule has 0 aromatic carbocycles. The molecule has 1 aromatic rings. The quantitative estimate of drug-likeness (QED) is 0.726. The predicted octanol–water partition coefficient (Wildman–Crippen LogP) is 1.04. The minimum absolute atomic E-state index is 0.443.